The minimum atomic E-state index is -1.09. The normalized spacial score (nSPS) is 12.0. The molecule has 0 bridgehead atoms. The van der Waals surface area contributed by atoms with E-state index in [1.807, 2.05) is 0 Å². The monoisotopic (exact) mass is 255 g/mol. The number of aliphatic carboxylic acids is 1. The first kappa shape index (κ1) is 14.0. The van der Waals surface area contributed by atoms with Crippen LogP contribution in [0.3, 0.4) is 0 Å². The molecule has 1 heterocycles. The van der Waals surface area contributed by atoms with Crippen molar-refractivity contribution >= 4 is 11.9 Å². The summed E-state index contributed by atoms with van der Waals surface area (Å²) in [6.07, 6.45) is 0. The molecule has 1 unspecified atom stereocenters. The largest absolute Gasteiger partial charge is 0.480 e. The van der Waals surface area contributed by atoms with E-state index in [2.05, 4.69) is 10.4 Å². The Bertz CT molecular complexity index is 467. The molecule has 2 N–H and O–H groups in total. The van der Waals surface area contributed by atoms with Crippen molar-refractivity contribution in [2.24, 2.45) is 7.05 Å². The van der Waals surface area contributed by atoms with E-state index in [4.69, 9.17) is 9.84 Å². The highest BCUT2D eigenvalue weighted by molar-refractivity contribution is 5.99. The number of hydrogen-bond donors (Lipinski definition) is 2. The number of hydrogen-bond acceptors (Lipinski definition) is 4. The molecule has 18 heavy (non-hydrogen) atoms. The van der Waals surface area contributed by atoms with Crippen LogP contribution in [-0.4, -0.2) is 39.4 Å². The van der Waals surface area contributed by atoms with Crippen molar-refractivity contribution < 1.29 is 19.4 Å². The Hall–Kier alpha value is -2.05. The molecular weight excluding hydrogens is 238 g/mol. The molecule has 0 saturated heterocycles. The minimum absolute atomic E-state index is 0.271. The molecule has 1 aromatic rings. The molecule has 7 heteroatoms. The molecule has 0 aliphatic heterocycles. The Morgan fingerprint density at radius 2 is 2.17 bits per heavy atom. The van der Waals surface area contributed by atoms with Crippen LogP contribution in [-0.2, 0) is 11.8 Å². The number of rotatable bonds is 5. The van der Waals surface area contributed by atoms with Gasteiger partial charge in [-0.1, -0.05) is 0 Å². The van der Waals surface area contributed by atoms with Crippen molar-refractivity contribution in [1.29, 1.82) is 0 Å². The van der Waals surface area contributed by atoms with E-state index in [1.165, 1.54) is 11.6 Å². The lowest BCUT2D eigenvalue weighted by Gasteiger charge is -2.10. The first-order chi connectivity index (χ1) is 8.38. The summed E-state index contributed by atoms with van der Waals surface area (Å²) in [7, 11) is 1.66. The quantitative estimate of drug-likeness (QED) is 0.790. The van der Waals surface area contributed by atoms with Gasteiger partial charge >= 0.3 is 5.97 Å². The van der Waals surface area contributed by atoms with Crippen molar-refractivity contribution in [2.45, 2.75) is 26.8 Å². The molecule has 0 saturated carbocycles. The maximum atomic E-state index is 12.0. The number of carboxylic acid groups (broad SMARTS) is 1. The fraction of sp³-hybridized carbons (Fsp3) is 0.545. The van der Waals surface area contributed by atoms with Crippen molar-refractivity contribution in [3.63, 3.8) is 0 Å². The SMILES string of the molecule is CCOc1c(C(=O)NC(C)C(=O)O)c(C)nn1C. The van der Waals surface area contributed by atoms with Crippen molar-refractivity contribution in [1.82, 2.24) is 15.1 Å². The number of amides is 1. The van der Waals surface area contributed by atoms with Crippen molar-refractivity contribution in [3.8, 4) is 5.88 Å². The lowest BCUT2D eigenvalue weighted by molar-refractivity contribution is -0.138. The molecule has 1 rings (SSSR count). The Balaban J connectivity index is 3.01. The van der Waals surface area contributed by atoms with Crippen LogP contribution in [0.5, 0.6) is 5.88 Å². The fourth-order valence-electron chi connectivity index (χ4n) is 1.53. The minimum Gasteiger partial charge on any atom is -0.480 e. The van der Waals surface area contributed by atoms with Crippen LogP contribution in [0, 0.1) is 6.92 Å². The number of nitrogens with one attached hydrogen (secondary N) is 1. The molecule has 0 fully saturated rings. The number of nitrogens with zero attached hydrogens (tertiary/aromatic N) is 2. The van der Waals surface area contributed by atoms with Gasteiger partial charge in [0.2, 0.25) is 5.88 Å². The highest BCUT2D eigenvalue weighted by Crippen LogP contribution is 2.21. The highest BCUT2D eigenvalue weighted by atomic mass is 16.5. The van der Waals surface area contributed by atoms with Crippen molar-refractivity contribution in [3.05, 3.63) is 11.3 Å². The van der Waals surface area contributed by atoms with E-state index in [0.29, 0.717) is 18.2 Å². The summed E-state index contributed by atoms with van der Waals surface area (Å²) in [6.45, 7) is 5.26. The Morgan fingerprint density at radius 3 is 2.67 bits per heavy atom. The van der Waals surface area contributed by atoms with Crippen LogP contribution >= 0.6 is 0 Å². The number of aryl methyl sites for hydroxylation is 2. The maximum Gasteiger partial charge on any atom is 0.325 e. The lowest BCUT2D eigenvalue weighted by atomic mass is 10.2. The van der Waals surface area contributed by atoms with Gasteiger partial charge in [-0.2, -0.15) is 5.10 Å². The van der Waals surface area contributed by atoms with Crippen LogP contribution in [0.1, 0.15) is 29.9 Å². The summed E-state index contributed by atoms with van der Waals surface area (Å²) < 4.78 is 6.80. The van der Waals surface area contributed by atoms with Crippen LogP contribution in [0.2, 0.25) is 0 Å². The number of ether oxygens (including phenoxy) is 1. The van der Waals surface area contributed by atoms with Gasteiger partial charge in [0.1, 0.15) is 11.6 Å². The molecule has 1 aromatic heterocycles. The van der Waals surface area contributed by atoms with Gasteiger partial charge < -0.3 is 15.2 Å². The number of carboxylic acids is 1. The smallest absolute Gasteiger partial charge is 0.325 e. The molecular formula is C11H17N3O4. The van der Waals surface area contributed by atoms with Gasteiger partial charge in [0.25, 0.3) is 5.91 Å². The fourth-order valence-corrected chi connectivity index (χ4v) is 1.53. The first-order valence-corrected chi connectivity index (χ1v) is 5.58. The van der Waals surface area contributed by atoms with E-state index >= 15 is 0 Å². The van der Waals surface area contributed by atoms with Gasteiger partial charge in [-0.25, -0.2) is 4.68 Å². The van der Waals surface area contributed by atoms with Crippen LogP contribution in [0.4, 0.5) is 0 Å². The summed E-state index contributed by atoms with van der Waals surface area (Å²) in [4.78, 5) is 22.7. The van der Waals surface area contributed by atoms with Gasteiger partial charge in [-0.05, 0) is 20.8 Å². The van der Waals surface area contributed by atoms with Crippen LogP contribution in [0.25, 0.3) is 0 Å². The Kier molecular flexibility index (Phi) is 4.30. The Morgan fingerprint density at radius 1 is 1.56 bits per heavy atom. The van der Waals surface area contributed by atoms with Gasteiger partial charge in [-0.15, -0.1) is 0 Å². The maximum absolute atomic E-state index is 12.0. The average Bonchev–Trinajstić information content (AvgIpc) is 2.54. The molecule has 100 valence electrons. The summed E-state index contributed by atoms with van der Waals surface area (Å²) in [6, 6.07) is -0.966. The second-order valence-corrected chi connectivity index (χ2v) is 3.86. The molecule has 1 atom stereocenters. The standard InChI is InChI=1S/C11H17N3O4/c1-5-18-10-8(6(2)13-14(10)4)9(15)12-7(3)11(16)17/h7H,5H2,1-4H3,(H,12,15)(H,16,17). The molecule has 7 nitrogen and oxygen atoms in total. The summed E-state index contributed by atoms with van der Waals surface area (Å²) in [5, 5.41) is 15.2. The third-order valence-electron chi connectivity index (χ3n) is 2.40. The van der Waals surface area contributed by atoms with E-state index < -0.39 is 17.9 Å². The molecule has 1 amide bonds. The second-order valence-electron chi connectivity index (χ2n) is 3.86. The van der Waals surface area contributed by atoms with E-state index in [9.17, 15) is 9.59 Å². The number of carbonyl (C=O) groups is 2. The van der Waals surface area contributed by atoms with E-state index in [-0.39, 0.29) is 5.56 Å². The zero-order valence-corrected chi connectivity index (χ0v) is 10.9. The van der Waals surface area contributed by atoms with Gasteiger partial charge in [0.15, 0.2) is 0 Å². The molecule has 0 radical (unpaired) electrons. The van der Waals surface area contributed by atoms with Gasteiger partial charge in [0.05, 0.1) is 12.3 Å². The van der Waals surface area contributed by atoms with Crippen LogP contribution < -0.4 is 10.1 Å². The lowest BCUT2D eigenvalue weighted by Crippen LogP contribution is -2.38. The summed E-state index contributed by atoms with van der Waals surface area (Å²) in [5.41, 5.74) is 0.767. The molecule has 0 aromatic carbocycles. The molecule has 0 aliphatic rings. The third kappa shape index (κ3) is 2.79. The molecule has 0 aliphatic carbocycles. The summed E-state index contributed by atoms with van der Waals surface area (Å²) >= 11 is 0. The number of aromatic nitrogens is 2. The van der Waals surface area contributed by atoms with Crippen molar-refractivity contribution in [2.75, 3.05) is 6.61 Å². The zero-order valence-electron chi connectivity index (χ0n) is 10.9. The third-order valence-corrected chi connectivity index (χ3v) is 2.40. The van der Waals surface area contributed by atoms with E-state index in [1.54, 1.807) is 20.9 Å². The Labute approximate surface area is 105 Å². The van der Waals surface area contributed by atoms with Crippen LogP contribution in [0.15, 0.2) is 0 Å². The number of carbonyl (C=O) groups excluding carboxylic acids is 1. The molecule has 0 spiro atoms. The topological polar surface area (TPSA) is 93.4 Å². The summed E-state index contributed by atoms with van der Waals surface area (Å²) in [5.74, 6) is -1.26. The second kappa shape index (κ2) is 5.52. The predicted molar refractivity (Wildman–Crippen MR) is 63.7 cm³/mol. The van der Waals surface area contributed by atoms with E-state index in [0.717, 1.165) is 0 Å². The highest BCUT2D eigenvalue weighted by Gasteiger charge is 2.24. The predicted octanol–water partition coefficient (Wildman–Crippen LogP) is 0.330. The van der Waals surface area contributed by atoms with Gasteiger partial charge in [-0.3, -0.25) is 9.59 Å². The zero-order chi connectivity index (χ0) is 13.9. The van der Waals surface area contributed by atoms with Gasteiger partial charge in [0, 0.05) is 7.05 Å². The first-order valence-electron chi connectivity index (χ1n) is 5.58. The average molecular weight is 255 g/mol.